The molecule has 28 heavy (non-hydrogen) atoms. The molecule has 1 N–H and O–H groups in total. The third-order valence-corrected chi connectivity index (χ3v) is 5.63. The van der Waals surface area contributed by atoms with Crippen molar-refractivity contribution in [2.75, 3.05) is 12.4 Å². The Labute approximate surface area is 169 Å². The number of aryl methyl sites for hydroxylation is 2. The number of benzene rings is 2. The molecule has 0 amide bonds. The molecular weight excluding hydrogens is 372 g/mol. The Balaban J connectivity index is 1.72. The molecule has 0 saturated heterocycles. The van der Waals surface area contributed by atoms with Crippen LogP contribution in [0.25, 0.3) is 10.9 Å². The number of hydrogen-bond donors (Lipinski definition) is 1. The zero-order chi connectivity index (χ0) is 20.1. The quantitative estimate of drug-likeness (QED) is 0.460. The van der Waals surface area contributed by atoms with E-state index in [1.54, 1.807) is 10.6 Å². The summed E-state index contributed by atoms with van der Waals surface area (Å²) in [6.45, 7) is 6.82. The Bertz CT molecular complexity index is 996. The standard InChI is InChI=1S/C22H26N2O3S/c1-4-12-24-21(26)18-10-5-6-11-19(18)23-22(24)28-14-17(25)13-27-20-15(2)8-7-9-16(20)3/h5-11,17,25H,4,12-14H2,1-3H3/t17-/m1/s1. The van der Waals surface area contributed by atoms with Gasteiger partial charge in [0.1, 0.15) is 12.4 Å². The second-order valence-electron chi connectivity index (χ2n) is 6.87. The first-order valence-corrected chi connectivity index (χ1v) is 10.5. The van der Waals surface area contributed by atoms with Gasteiger partial charge < -0.3 is 9.84 Å². The molecule has 148 valence electrons. The topological polar surface area (TPSA) is 64.3 Å². The molecule has 6 heteroatoms. The normalized spacial score (nSPS) is 12.3. The molecule has 0 radical (unpaired) electrons. The molecule has 0 fully saturated rings. The van der Waals surface area contributed by atoms with Gasteiger partial charge in [-0.15, -0.1) is 0 Å². The number of fused-ring (bicyclic) bond motifs is 1. The predicted molar refractivity (Wildman–Crippen MR) is 114 cm³/mol. The van der Waals surface area contributed by atoms with Gasteiger partial charge in [0.25, 0.3) is 5.56 Å². The lowest BCUT2D eigenvalue weighted by Gasteiger charge is -2.16. The Kier molecular flexibility index (Phi) is 6.75. The van der Waals surface area contributed by atoms with Crippen molar-refractivity contribution in [2.45, 2.75) is 45.0 Å². The van der Waals surface area contributed by atoms with Crippen LogP contribution in [0, 0.1) is 13.8 Å². The van der Waals surface area contributed by atoms with Crippen molar-refractivity contribution in [1.82, 2.24) is 9.55 Å². The highest BCUT2D eigenvalue weighted by Gasteiger charge is 2.14. The molecule has 0 spiro atoms. The number of aromatic nitrogens is 2. The maximum absolute atomic E-state index is 12.8. The van der Waals surface area contributed by atoms with Crippen LogP contribution in [0.15, 0.2) is 52.4 Å². The van der Waals surface area contributed by atoms with E-state index in [1.807, 2.05) is 57.2 Å². The van der Waals surface area contributed by atoms with Crippen LogP contribution in [-0.2, 0) is 6.54 Å². The van der Waals surface area contributed by atoms with E-state index in [2.05, 4.69) is 4.98 Å². The molecule has 1 heterocycles. The lowest BCUT2D eigenvalue weighted by Crippen LogP contribution is -2.25. The lowest BCUT2D eigenvalue weighted by molar-refractivity contribution is 0.125. The van der Waals surface area contributed by atoms with Crippen molar-refractivity contribution in [3.63, 3.8) is 0 Å². The first-order chi connectivity index (χ1) is 13.5. The molecule has 0 aliphatic rings. The molecule has 0 saturated carbocycles. The highest BCUT2D eigenvalue weighted by molar-refractivity contribution is 7.99. The number of rotatable bonds is 8. The van der Waals surface area contributed by atoms with E-state index in [-0.39, 0.29) is 12.2 Å². The van der Waals surface area contributed by atoms with Gasteiger partial charge in [0, 0.05) is 12.3 Å². The fraction of sp³-hybridized carbons (Fsp3) is 0.364. The maximum Gasteiger partial charge on any atom is 0.262 e. The monoisotopic (exact) mass is 398 g/mol. The van der Waals surface area contributed by atoms with E-state index in [1.165, 1.54) is 11.8 Å². The van der Waals surface area contributed by atoms with Crippen LogP contribution in [-0.4, -0.2) is 33.1 Å². The Hall–Kier alpha value is -2.31. The van der Waals surface area contributed by atoms with Gasteiger partial charge >= 0.3 is 0 Å². The van der Waals surface area contributed by atoms with E-state index in [0.29, 0.717) is 28.4 Å². The number of para-hydroxylation sites is 2. The van der Waals surface area contributed by atoms with Crippen LogP contribution in [0.5, 0.6) is 5.75 Å². The molecule has 2 aromatic carbocycles. The van der Waals surface area contributed by atoms with Crippen molar-refractivity contribution >= 4 is 22.7 Å². The van der Waals surface area contributed by atoms with Crippen LogP contribution in [0.4, 0.5) is 0 Å². The summed E-state index contributed by atoms with van der Waals surface area (Å²) in [6.07, 6.45) is 0.175. The van der Waals surface area contributed by atoms with Crippen molar-refractivity contribution in [1.29, 1.82) is 0 Å². The highest BCUT2D eigenvalue weighted by Crippen LogP contribution is 2.23. The molecule has 0 aliphatic carbocycles. The summed E-state index contributed by atoms with van der Waals surface area (Å²) in [5, 5.41) is 11.7. The number of nitrogens with zero attached hydrogens (tertiary/aromatic N) is 2. The van der Waals surface area contributed by atoms with Gasteiger partial charge in [0.15, 0.2) is 5.16 Å². The van der Waals surface area contributed by atoms with Crippen LogP contribution in [0.2, 0.25) is 0 Å². The Morgan fingerprint density at radius 2 is 1.86 bits per heavy atom. The van der Waals surface area contributed by atoms with E-state index >= 15 is 0 Å². The summed E-state index contributed by atoms with van der Waals surface area (Å²) < 4.78 is 7.54. The molecule has 0 aliphatic heterocycles. The molecule has 1 aromatic heterocycles. The third kappa shape index (κ3) is 4.56. The minimum Gasteiger partial charge on any atom is -0.490 e. The number of aliphatic hydroxyl groups is 1. The van der Waals surface area contributed by atoms with E-state index in [9.17, 15) is 9.90 Å². The summed E-state index contributed by atoms with van der Waals surface area (Å²) in [5.74, 6) is 1.22. The van der Waals surface area contributed by atoms with Crippen molar-refractivity contribution < 1.29 is 9.84 Å². The van der Waals surface area contributed by atoms with Gasteiger partial charge in [-0.2, -0.15) is 0 Å². The van der Waals surface area contributed by atoms with E-state index in [0.717, 1.165) is 23.3 Å². The molecule has 5 nitrogen and oxygen atoms in total. The van der Waals surface area contributed by atoms with E-state index in [4.69, 9.17) is 4.74 Å². The first kappa shape index (κ1) is 20.4. The van der Waals surface area contributed by atoms with Crippen LogP contribution in [0.3, 0.4) is 0 Å². The second-order valence-corrected chi connectivity index (χ2v) is 7.85. The highest BCUT2D eigenvalue weighted by atomic mass is 32.2. The average Bonchev–Trinajstić information content (AvgIpc) is 2.68. The predicted octanol–water partition coefficient (Wildman–Crippen LogP) is 3.96. The van der Waals surface area contributed by atoms with Gasteiger partial charge in [0.05, 0.1) is 17.0 Å². The average molecular weight is 399 g/mol. The molecule has 1 atom stereocenters. The van der Waals surface area contributed by atoms with Gasteiger partial charge in [-0.1, -0.05) is 49.0 Å². The fourth-order valence-electron chi connectivity index (χ4n) is 3.10. The maximum atomic E-state index is 12.8. The second kappa shape index (κ2) is 9.26. The van der Waals surface area contributed by atoms with Gasteiger partial charge in [-0.05, 0) is 43.5 Å². The molecule has 3 aromatic rings. The lowest BCUT2D eigenvalue weighted by atomic mass is 10.1. The Morgan fingerprint density at radius 3 is 2.57 bits per heavy atom. The van der Waals surface area contributed by atoms with Crippen molar-refractivity contribution in [2.24, 2.45) is 0 Å². The summed E-state index contributed by atoms with van der Waals surface area (Å²) in [4.78, 5) is 17.4. The summed E-state index contributed by atoms with van der Waals surface area (Å²) in [5.41, 5.74) is 2.75. The Morgan fingerprint density at radius 1 is 1.14 bits per heavy atom. The van der Waals surface area contributed by atoms with Crippen LogP contribution < -0.4 is 10.3 Å². The van der Waals surface area contributed by atoms with Crippen LogP contribution >= 0.6 is 11.8 Å². The summed E-state index contributed by atoms with van der Waals surface area (Å²) in [6, 6.07) is 13.3. The zero-order valence-corrected chi connectivity index (χ0v) is 17.3. The van der Waals surface area contributed by atoms with Gasteiger partial charge in [-0.3, -0.25) is 9.36 Å². The van der Waals surface area contributed by atoms with Crippen LogP contribution in [0.1, 0.15) is 24.5 Å². The number of aliphatic hydroxyl groups excluding tert-OH is 1. The molecule has 0 unspecified atom stereocenters. The molecule has 3 rings (SSSR count). The summed E-state index contributed by atoms with van der Waals surface area (Å²) >= 11 is 1.39. The number of ether oxygens (including phenoxy) is 1. The zero-order valence-electron chi connectivity index (χ0n) is 16.5. The number of thioether (sulfide) groups is 1. The molecular formula is C22H26N2O3S. The first-order valence-electron chi connectivity index (χ1n) is 9.50. The van der Waals surface area contributed by atoms with Gasteiger partial charge in [0.2, 0.25) is 0 Å². The molecule has 0 bridgehead atoms. The van der Waals surface area contributed by atoms with Crippen molar-refractivity contribution in [3.05, 3.63) is 63.9 Å². The minimum atomic E-state index is -0.664. The van der Waals surface area contributed by atoms with Gasteiger partial charge in [-0.25, -0.2) is 4.98 Å². The largest absolute Gasteiger partial charge is 0.490 e. The van der Waals surface area contributed by atoms with E-state index < -0.39 is 6.10 Å². The SMILES string of the molecule is CCCn1c(SC[C@H](O)COc2c(C)cccc2C)nc2ccccc2c1=O. The van der Waals surface area contributed by atoms with Crippen molar-refractivity contribution in [3.8, 4) is 5.75 Å². The third-order valence-electron chi connectivity index (χ3n) is 4.51. The minimum absolute atomic E-state index is 0.0313. The summed E-state index contributed by atoms with van der Waals surface area (Å²) in [7, 11) is 0. The smallest absolute Gasteiger partial charge is 0.262 e. The number of hydrogen-bond acceptors (Lipinski definition) is 5. The fourth-order valence-corrected chi connectivity index (χ4v) is 4.03.